The molecule has 1 saturated heterocycles. The van der Waals surface area contributed by atoms with Gasteiger partial charge in [0.25, 0.3) is 0 Å². The molecular formula is C106H126BBr2Cl8N6O18S5Sn. The molecule has 0 saturated carbocycles. The van der Waals surface area contributed by atoms with Gasteiger partial charge in [0.05, 0.1) is 87.6 Å². The number of rotatable bonds is 37. The number of benzene rings is 6. The van der Waals surface area contributed by atoms with E-state index in [0.717, 1.165) is 117 Å². The molecule has 147 heavy (non-hydrogen) atoms. The molecule has 4 aromatic heterocycles. The maximum atomic E-state index is 12.3. The van der Waals surface area contributed by atoms with Gasteiger partial charge < -0.3 is 48.7 Å². The number of carboxylic acids is 1. The van der Waals surface area contributed by atoms with E-state index in [-0.39, 0.29) is 60.7 Å². The summed E-state index contributed by atoms with van der Waals surface area (Å²) in [4.78, 5) is 112. The van der Waals surface area contributed by atoms with E-state index in [1.54, 1.807) is 121 Å². The summed E-state index contributed by atoms with van der Waals surface area (Å²) in [5.41, 5.74) is 16.4. The zero-order valence-corrected chi connectivity index (χ0v) is 99.8. The van der Waals surface area contributed by atoms with Crippen molar-refractivity contribution in [2.45, 2.75) is 189 Å². The van der Waals surface area contributed by atoms with Crippen molar-refractivity contribution in [2.24, 2.45) is 4.30 Å². The van der Waals surface area contributed by atoms with Crippen LogP contribution in [0.15, 0.2) is 176 Å². The van der Waals surface area contributed by atoms with Gasteiger partial charge in [0.15, 0.2) is 19.7 Å². The van der Waals surface area contributed by atoms with E-state index in [1.807, 2.05) is 88.5 Å². The zero-order chi connectivity index (χ0) is 108. The van der Waals surface area contributed by atoms with Crippen LogP contribution in [-0.4, -0.2) is 194 Å². The van der Waals surface area contributed by atoms with E-state index in [2.05, 4.69) is 103 Å². The predicted octanol–water partition coefficient (Wildman–Crippen LogP) is 29.0. The molecule has 3 N–H and O–H groups in total. The van der Waals surface area contributed by atoms with Crippen molar-refractivity contribution in [2.75, 3.05) is 97.0 Å². The SMILES string of the molecule is C1CCOC1.CCC[CH2][Sn]([CH2]CCC)([CH2]CCC)[C]1=CCOCC1.CCOC(=O)C(Br)C(=O)Cc1ccc(Cl)cc1.CCOC(=O)CC(=O)Cc1ccc(Cl)cc1.CCOC(=O)c1sc(Br)nc1Cc1ccc(Cl)cc1.CCOC(=O)c1sc(C2=CCOCC2)nc1Cc1ccc(Cl)cc1.CCOC(=O)c1sc(N)nc1Cc1ccc(Cl)cc1.ClCCl.O=C(O)c1sc(C2=CCOCC2)nc1Cc1ccc(Cl)cc1.[B]=NS. The molecule has 1 radical (unpaired) electrons. The number of ketones is 2. The van der Waals surface area contributed by atoms with Gasteiger partial charge in [-0.2, -0.15) is 0 Å². The number of anilines is 1. The molecule has 1 fully saturated rings. The Morgan fingerprint density at radius 1 is 0.449 bits per heavy atom. The van der Waals surface area contributed by atoms with Crippen molar-refractivity contribution in [1.82, 2.24) is 19.9 Å². The molecule has 0 spiro atoms. The summed E-state index contributed by atoms with van der Waals surface area (Å²) >= 11 is 57.0. The summed E-state index contributed by atoms with van der Waals surface area (Å²) in [6, 6.07) is 43.7. The number of thiazole rings is 4. The van der Waals surface area contributed by atoms with E-state index in [0.29, 0.717) is 149 Å². The first-order valence-electron chi connectivity index (χ1n) is 47.9. The molecule has 4 aliphatic rings. The third-order valence-electron chi connectivity index (χ3n) is 21.5. The summed E-state index contributed by atoms with van der Waals surface area (Å²) in [6.07, 6.45) is 22.9. The van der Waals surface area contributed by atoms with Crippen LogP contribution in [0.5, 0.6) is 0 Å². The fourth-order valence-corrected chi connectivity index (χ4v) is 36.7. The third-order valence-corrected chi connectivity index (χ3v) is 45.1. The second-order valence-corrected chi connectivity index (χ2v) is 55.6. The van der Waals surface area contributed by atoms with E-state index < -0.39 is 41.1 Å². The summed E-state index contributed by atoms with van der Waals surface area (Å²) in [5, 5.41) is 15.6. The number of carbonyl (C=O) groups is 8. The van der Waals surface area contributed by atoms with Crippen molar-refractivity contribution in [1.29, 1.82) is 0 Å². The number of aromatic nitrogens is 4. The van der Waals surface area contributed by atoms with E-state index in [9.17, 15) is 43.5 Å². The molecule has 24 nitrogen and oxygen atoms in total. The molecule has 4 aliphatic heterocycles. The topological polar surface area (TPSA) is 330 Å². The van der Waals surface area contributed by atoms with Gasteiger partial charge >= 0.3 is 186 Å². The van der Waals surface area contributed by atoms with Crippen LogP contribution < -0.4 is 5.73 Å². The fraction of sp³-hybridized carbons (Fsp3) is 0.415. The van der Waals surface area contributed by atoms with Crippen LogP contribution in [0.2, 0.25) is 43.4 Å². The van der Waals surface area contributed by atoms with Crippen LogP contribution >= 0.6 is 183 Å². The number of carboxylic acid groups (broad SMARTS) is 1. The number of carbonyl (C=O) groups excluding carboxylic acids is 7. The van der Waals surface area contributed by atoms with E-state index in [1.165, 1.54) is 91.8 Å². The number of unbranched alkanes of at least 4 members (excludes halogenated alkanes) is 3. The number of nitrogens with zero attached hydrogens (tertiary/aromatic N) is 5. The van der Waals surface area contributed by atoms with Gasteiger partial charge in [-0.25, -0.2) is 39.1 Å². The van der Waals surface area contributed by atoms with Gasteiger partial charge in [-0.05, 0) is 194 Å². The van der Waals surface area contributed by atoms with Crippen LogP contribution in [0.3, 0.4) is 0 Å². The average Bonchev–Trinajstić information content (AvgIpc) is 1.36. The Balaban J connectivity index is 0.000000297. The molecule has 1 unspecified atom stereocenters. The van der Waals surface area contributed by atoms with Crippen molar-refractivity contribution >= 4 is 273 Å². The number of hydrogen-bond acceptors (Lipinski definition) is 28. The van der Waals surface area contributed by atoms with Gasteiger partial charge in [-0.3, -0.25) is 19.2 Å². The summed E-state index contributed by atoms with van der Waals surface area (Å²) in [5.74, 6) is -3.34. The van der Waals surface area contributed by atoms with Crippen molar-refractivity contribution in [3.63, 3.8) is 0 Å². The zero-order valence-electron chi connectivity index (χ0n) is 83.6. The molecule has 6 aromatic carbocycles. The maximum absolute atomic E-state index is 12.3. The van der Waals surface area contributed by atoms with Crippen molar-refractivity contribution in [3.05, 3.63) is 287 Å². The fourth-order valence-electron chi connectivity index (χ4n) is 14.4. The first-order chi connectivity index (χ1) is 70.8. The first kappa shape index (κ1) is 131. The number of esters is 5. The van der Waals surface area contributed by atoms with E-state index in [4.69, 9.17) is 141 Å². The van der Waals surface area contributed by atoms with Crippen molar-refractivity contribution < 1.29 is 86.1 Å². The second-order valence-electron chi connectivity index (χ2n) is 32.3. The number of ether oxygens (including phenoxy) is 9. The summed E-state index contributed by atoms with van der Waals surface area (Å²) in [6.45, 7) is 23.8. The van der Waals surface area contributed by atoms with Gasteiger partial charge in [0.2, 0.25) is 0 Å². The van der Waals surface area contributed by atoms with Gasteiger partial charge in [-0.1, -0.05) is 193 Å². The molecule has 41 heteroatoms. The first-order valence-corrected chi connectivity index (χ1v) is 64.1. The minimum absolute atomic E-state index is 0.152. The number of hydrogen-bond donors (Lipinski definition) is 3. The molecule has 0 aliphatic carbocycles. The standard InChI is InChI=1S/C18H18ClNO3S.C16H14ClNO3S.C13H11BrClNO2S.C13H13ClN2O2S.C12H12BrClO3.C12H13ClO3.C5H7O.C4H8O.3C4H9.CH2Cl2.BHNS.Sn/c1-2-23-18(21)16-15(11-12-3-5-14(19)6-4-12)20-17(24-16)13-7-9-22-10-8-13;17-12-3-1-10(2-4-12)9-13-14(16(19)20)22-15(18-13)11-5-7-21-8-6-11;1-2-18-12(17)11-10(16-13(14)19-11)7-8-3-5-9(15)6-4-8;1-2-18-12(17)11-10(16-13(15)19-11)7-8-3-5-9(14)6-4-8;1-2-17-12(16)11(13)10(15)7-8-3-5-9(14)6-4-8;1-2-16-12(15)8-11(14)7-9-3-5-10(13)6-4-9;1-2-4-6-5-3-1;1-2-4-5-3-1;3*1-3-4-2;2-1-3;1-2-3;/h3-7H,2,8-11H2,1H3;1-5H,6-9H2,(H,19,20);3-6H,2,7H2,1H3;3-6H,2,7H2,1H3,(H2,15,16);3-6,11H,2,7H2,1H3;3-6H,2,7-8H2,1H3;2H,3-5H2;1-4H2;3*1,3-4H2,2H3;1H2;3H;. The molecule has 10 aromatic rings. The Bertz CT molecular complexity index is 5620. The van der Waals surface area contributed by atoms with Crippen LogP contribution in [0.1, 0.15) is 237 Å². The molecular weight excluding hydrogens is 2380 g/mol. The van der Waals surface area contributed by atoms with E-state index >= 15 is 0 Å². The molecule has 14 rings (SSSR count). The number of nitrogens with two attached hydrogens (primary N) is 1. The van der Waals surface area contributed by atoms with Gasteiger partial charge in [0, 0.05) is 81.9 Å². The number of Topliss-reactive ketones (excluding diaryl/α,β-unsaturated/α-hetero) is 2. The Labute approximate surface area is 946 Å². The van der Waals surface area contributed by atoms with Crippen LogP contribution in [0.4, 0.5) is 5.13 Å². The second kappa shape index (κ2) is 75.8. The predicted molar refractivity (Wildman–Crippen MR) is 612 cm³/mol. The Hall–Kier alpha value is -6.85. The average molecular weight is 2510 g/mol. The minimum atomic E-state index is -2.04. The van der Waals surface area contributed by atoms with Crippen molar-refractivity contribution in [3.8, 4) is 0 Å². The molecule has 8 heterocycles. The molecule has 0 bridgehead atoms. The normalized spacial score (nSPS) is 12.8. The summed E-state index contributed by atoms with van der Waals surface area (Å²) in [7, 11) is 4.34. The van der Waals surface area contributed by atoms with Gasteiger partial charge in [-0.15, -0.1) is 45.9 Å². The monoisotopic (exact) mass is 2500 g/mol. The number of nitrogen functional groups attached to an aromatic ring is 1. The number of thiol groups is 1. The Morgan fingerprint density at radius 2 is 0.776 bits per heavy atom. The Morgan fingerprint density at radius 3 is 1.11 bits per heavy atom. The Kier molecular flexibility index (Phi) is 67.4. The number of halogens is 10. The molecule has 0 amide bonds. The quantitative estimate of drug-likeness (QED) is 0.00813. The summed E-state index contributed by atoms with van der Waals surface area (Å²) < 4.78 is 55.9. The van der Waals surface area contributed by atoms with Crippen LogP contribution in [0.25, 0.3) is 11.1 Å². The van der Waals surface area contributed by atoms with Crippen LogP contribution in [0, 0.1) is 0 Å². The number of alkyl halides is 3. The number of aromatic carboxylic acids is 1. The third kappa shape index (κ3) is 51.2. The molecule has 795 valence electrons. The van der Waals surface area contributed by atoms with Gasteiger partial charge in [0.1, 0.15) is 41.7 Å². The van der Waals surface area contributed by atoms with Crippen LogP contribution in [-0.2, 0) is 100 Å². The molecule has 1 atom stereocenters.